The molecule has 0 aromatic heterocycles. The van der Waals surface area contributed by atoms with Crippen molar-refractivity contribution in [3.05, 3.63) is 24.3 Å². The summed E-state index contributed by atoms with van der Waals surface area (Å²) >= 11 is 0. The third-order valence-electron chi connectivity index (χ3n) is 2.71. The molecule has 0 fully saturated rings. The van der Waals surface area contributed by atoms with Crippen LogP contribution in [0, 0.1) is 5.92 Å². The molecule has 108 valence electrons. The van der Waals surface area contributed by atoms with Gasteiger partial charge in [-0.25, -0.2) is 0 Å². The van der Waals surface area contributed by atoms with E-state index >= 15 is 0 Å². The van der Waals surface area contributed by atoms with Crippen LogP contribution in [0.1, 0.15) is 34.1 Å². The molecule has 0 aliphatic carbocycles. The summed E-state index contributed by atoms with van der Waals surface area (Å²) in [5.41, 5.74) is 0. The fourth-order valence-electron chi connectivity index (χ4n) is 1.63. The largest absolute Gasteiger partial charge is 0.490 e. The van der Waals surface area contributed by atoms with Crippen LogP contribution in [0.25, 0.3) is 0 Å². The monoisotopic (exact) mass is 265 g/mol. The van der Waals surface area contributed by atoms with Gasteiger partial charge in [0.1, 0.15) is 0 Å². The minimum atomic E-state index is 0.474. The molecule has 1 aromatic rings. The maximum Gasteiger partial charge on any atom is 0.161 e. The molecule has 0 aliphatic rings. The predicted molar refractivity (Wildman–Crippen MR) is 80.0 cm³/mol. The van der Waals surface area contributed by atoms with E-state index in [9.17, 15) is 0 Å². The highest BCUT2D eigenvalue weighted by Gasteiger charge is 2.07. The lowest BCUT2D eigenvalue weighted by Crippen LogP contribution is -2.30. The lowest BCUT2D eigenvalue weighted by molar-refractivity contribution is 0.232. The molecule has 0 saturated heterocycles. The Morgan fingerprint density at radius 3 is 2.26 bits per heavy atom. The summed E-state index contributed by atoms with van der Waals surface area (Å²) in [5.74, 6) is 2.15. The van der Waals surface area contributed by atoms with E-state index in [1.165, 1.54) is 0 Å². The average Bonchev–Trinajstić information content (AvgIpc) is 2.41. The first kappa shape index (κ1) is 15.8. The zero-order valence-corrected chi connectivity index (χ0v) is 12.6. The molecule has 1 N–H and O–H groups in total. The second-order valence-electron chi connectivity index (χ2n) is 5.27. The van der Waals surface area contributed by atoms with E-state index in [1.54, 1.807) is 0 Å². The van der Waals surface area contributed by atoms with Crippen LogP contribution >= 0.6 is 0 Å². The highest BCUT2D eigenvalue weighted by atomic mass is 16.5. The molecule has 1 aromatic carbocycles. The highest BCUT2D eigenvalue weighted by molar-refractivity contribution is 5.39. The van der Waals surface area contributed by atoms with Crippen LogP contribution in [0.2, 0.25) is 0 Å². The highest BCUT2D eigenvalue weighted by Crippen LogP contribution is 2.26. The second kappa shape index (κ2) is 8.81. The number of nitrogens with one attached hydrogen (secondary N) is 1. The molecular weight excluding hydrogens is 238 g/mol. The molecule has 0 saturated carbocycles. The number of para-hydroxylation sites is 2. The fourth-order valence-corrected chi connectivity index (χ4v) is 1.63. The molecule has 1 rings (SSSR count). The van der Waals surface area contributed by atoms with Gasteiger partial charge in [0.2, 0.25) is 0 Å². The Kier molecular flexibility index (Phi) is 7.34. The van der Waals surface area contributed by atoms with Gasteiger partial charge in [0.05, 0.1) is 13.2 Å². The first-order valence-corrected chi connectivity index (χ1v) is 7.21. The molecule has 0 amide bonds. The maximum atomic E-state index is 5.86. The van der Waals surface area contributed by atoms with Gasteiger partial charge in [0, 0.05) is 18.5 Å². The molecule has 0 bridgehead atoms. The maximum absolute atomic E-state index is 5.86. The third kappa shape index (κ3) is 6.48. The summed E-state index contributed by atoms with van der Waals surface area (Å²) in [6.07, 6.45) is 1.00. The summed E-state index contributed by atoms with van der Waals surface area (Å²) in [6.45, 7) is 11.0. The Balaban J connectivity index is 2.43. The van der Waals surface area contributed by atoms with Crippen molar-refractivity contribution in [3.63, 3.8) is 0 Å². The zero-order chi connectivity index (χ0) is 14.1. The van der Waals surface area contributed by atoms with Crippen molar-refractivity contribution in [2.45, 2.75) is 40.2 Å². The van der Waals surface area contributed by atoms with Gasteiger partial charge in [-0.2, -0.15) is 0 Å². The van der Waals surface area contributed by atoms with Crippen LogP contribution in [0.3, 0.4) is 0 Å². The topological polar surface area (TPSA) is 30.5 Å². The third-order valence-corrected chi connectivity index (χ3v) is 2.71. The van der Waals surface area contributed by atoms with Gasteiger partial charge in [-0.05, 0) is 18.6 Å². The van der Waals surface area contributed by atoms with Crippen LogP contribution in [0.5, 0.6) is 11.5 Å². The lowest BCUT2D eigenvalue weighted by Gasteiger charge is -2.17. The van der Waals surface area contributed by atoms with E-state index in [0.717, 1.165) is 31.1 Å². The SMILES string of the molecule is CCCOc1ccccc1OCC(C)CNC(C)C. The molecule has 3 nitrogen and oxygen atoms in total. The molecule has 0 aliphatic heterocycles. The Morgan fingerprint density at radius 2 is 1.68 bits per heavy atom. The fraction of sp³-hybridized carbons (Fsp3) is 0.625. The van der Waals surface area contributed by atoms with Crippen molar-refractivity contribution in [3.8, 4) is 11.5 Å². The van der Waals surface area contributed by atoms with E-state index in [0.29, 0.717) is 18.6 Å². The van der Waals surface area contributed by atoms with Crippen LogP contribution in [0.4, 0.5) is 0 Å². The number of rotatable bonds is 9. The van der Waals surface area contributed by atoms with Crippen LogP contribution in [-0.2, 0) is 0 Å². The molecule has 0 radical (unpaired) electrons. The molecule has 1 unspecified atom stereocenters. The summed E-state index contributed by atoms with van der Waals surface area (Å²) in [5, 5.41) is 3.42. The van der Waals surface area contributed by atoms with Crippen molar-refractivity contribution in [2.24, 2.45) is 5.92 Å². The number of hydrogen-bond donors (Lipinski definition) is 1. The van der Waals surface area contributed by atoms with E-state index in [4.69, 9.17) is 9.47 Å². The minimum Gasteiger partial charge on any atom is -0.490 e. The van der Waals surface area contributed by atoms with Gasteiger partial charge >= 0.3 is 0 Å². The predicted octanol–water partition coefficient (Wildman–Crippen LogP) is 3.49. The molecular formula is C16H27NO2. The van der Waals surface area contributed by atoms with E-state index < -0.39 is 0 Å². The second-order valence-corrected chi connectivity index (χ2v) is 5.27. The Bertz CT molecular complexity index is 352. The quantitative estimate of drug-likeness (QED) is 0.741. The first-order valence-electron chi connectivity index (χ1n) is 7.21. The Hall–Kier alpha value is -1.22. The van der Waals surface area contributed by atoms with Crippen molar-refractivity contribution < 1.29 is 9.47 Å². The standard InChI is InChI=1S/C16H27NO2/c1-5-10-18-15-8-6-7-9-16(15)19-12-14(4)11-17-13(2)3/h6-9,13-14,17H,5,10-12H2,1-4H3. The Morgan fingerprint density at radius 1 is 1.05 bits per heavy atom. The lowest BCUT2D eigenvalue weighted by atomic mass is 10.2. The summed E-state index contributed by atoms with van der Waals surface area (Å²) < 4.78 is 11.5. The van der Waals surface area contributed by atoms with Gasteiger partial charge in [-0.3, -0.25) is 0 Å². The summed E-state index contributed by atoms with van der Waals surface area (Å²) in [4.78, 5) is 0. The molecule has 0 heterocycles. The molecule has 19 heavy (non-hydrogen) atoms. The van der Waals surface area contributed by atoms with Gasteiger partial charge in [0.25, 0.3) is 0 Å². The molecule has 3 heteroatoms. The van der Waals surface area contributed by atoms with Crippen molar-refractivity contribution in [1.29, 1.82) is 0 Å². The molecule has 0 spiro atoms. The van der Waals surface area contributed by atoms with Crippen molar-refractivity contribution in [1.82, 2.24) is 5.32 Å². The number of benzene rings is 1. The zero-order valence-electron chi connectivity index (χ0n) is 12.6. The van der Waals surface area contributed by atoms with Gasteiger partial charge in [0.15, 0.2) is 11.5 Å². The van der Waals surface area contributed by atoms with Crippen molar-refractivity contribution in [2.75, 3.05) is 19.8 Å². The number of hydrogen-bond acceptors (Lipinski definition) is 3. The van der Waals surface area contributed by atoms with Gasteiger partial charge in [-0.15, -0.1) is 0 Å². The van der Waals surface area contributed by atoms with Crippen molar-refractivity contribution >= 4 is 0 Å². The van der Waals surface area contributed by atoms with Gasteiger partial charge in [-0.1, -0.05) is 39.8 Å². The van der Waals surface area contributed by atoms with Crippen LogP contribution in [0.15, 0.2) is 24.3 Å². The van der Waals surface area contributed by atoms with E-state index in [-0.39, 0.29) is 0 Å². The average molecular weight is 265 g/mol. The first-order chi connectivity index (χ1) is 9.13. The van der Waals surface area contributed by atoms with E-state index in [2.05, 4.69) is 33.0 Å². The normalized spacial score (nSPS) is 12.5. The van der Waals surface area contributed by atoms with Gasteiger partial charge < -0.3 is 14.8 Å². The minimum absolute atomic E-state index is 0.474. The number of ether oxygens (including phenoxy) is 2. The van der Waals surface area contributed by atoms with Crippen LogP contribution in [-0.4, -0.2) is 25.8 Å². The summed E-state index contributed by atoms with van der Waals surface area (Å²) in [6, 6.07) is 8.39. The Labute approximate surface area is 117 Å². The molecule has 1 atom stereocenters. The smallest absolute Gasteiger partial charge is 0.161 e. The van der Waals surface area contributed by atoms with Crippen LogP contribution < -0.4 is 14.8 Å². The van der Waals surface area contributed by atoms with E-state index in [1.807, 2.05) is 24.3 Å². The summed E-state index contributed by atoms with van der Waals surface area (Å²) in [7, 11) is 0.